The first-order valence-electron chi connectivity index (χ1n) is 5.80. The Labute approximate surface area is 120 Å². The Balaban J connectivity index is 2.13. The lowest BCUT2D eigenvalue weighted by molar-refractivity contribution is 0.839. The molecular formula is C14H11Cl2N3. The van der Waals surface area contributed by atoms with Gasteiger partial charge in [-0.3, -0.25) is 0 Å². The molecule has 3 nitrogen and oxygen atoms in total. The second kappa shape index (κ2) is 4.76. The maximum absolute atomic E-state index is 6.19. The fourth-order valence-corrected chi connectivity index (χ4v) is 2.62. The van der Waals surface area contributed by atoms with E-state index < -0.39 is 0 Å². The molecule has 3 rings (SSSR count). The zero-order valence-corrected chi connectivity index (χ0v) is 11.5. The van der Waals surface area contributed by atoms with E-state index in [-0.39, 0.29) is 0 Å². The molecule has 0 fully saturated rings. The highest BCUT2D eigenvalue weighted by molar-refractivity contribution is 6.36. The fraction of sp³-hybridized carbons (Fsp3) is 0.0714. The van der Waals surface area contributed by atoms with Gasteiger partial charge in [-0.2, -0.15) is 0 Å². The van der Waals surface area contributed by atoms with Gasteiger partial charge in [0.05, 0.1) is 17.6 Å². The third-order valence-corrected chi connectivity index (χ3v) is 3.77. The van der Waals surface area contributed by atoms with Gasteiger partial charge in [0.2, 0.25) is 5.95 Å². The Morgan fingerprint density at radius 2 is 1.68 bits per heavy atom. The van der Waals surface area contributed by atoms with Gasteiger partial charge in [-0.1, -0.05) is 41.4 Å². The Hall–Kier alpha value is -1.71. The Morgan fingerprint density at radius 1 is 1.00 bits per heavy atom. The summed E-state index contributed by atoms with van der Waals surface area (Å²) in [5.74, 6) is 0.456. The van der Waals surface area contributed by atoms with Crippen LogP contribution < -0.4 is 5.73 Å². The molecule has 19 heavy (non-hydrogen) atoms. The summed E-state index contributed by atoms with van der Waals surface area (Å²) in [7, 11) is 0. The predicted molar refractivity (Wildman–Crippen MR) is 79.7 cm³/mol. The highest BCUT2D eigenvalue weighted by Crippen LogP contribution is 2.27. The summed E-state index contributed by atoms with van der Waals surface area (Å²) in [4.78, 5) is 4.32. The lowest BCUT2D eigenvalue weighted by Crippen LogP contribution is -2.05. The van der Waals surface area contributed by atoms with E-state index in [4.69, 9.17) is 28.9 Å². The van der Waals surface area contributed by atoms with Crippen LogP contribution in [0, 0.1) is 0 Å². The summed E-state index contributed by atoms with van der Waals surface area (Å²) >= 11 is 12.4. The molecule has 0 aliphatic rings. The molecule has 0 spiro atoms. The number of imidazole rings is 1. The average Bonchev–Trinajstić information content (AvgIpc) is 2.70. The minimum Gasteiger partial charge on any atom is -0.369 e. The average molecular weight is 292 g/mol. The fourth-order valence-electron chi connectivity index (χ4n) is 2.10. The van der Waals surface area contributed by atoms with Crippen LogP contribution in [0.1, 0.15) is 5.56 Å². The van der Waals surface area contributed by atoms with Crippen molar-refractivity contribution in [2.24, 2.45) is 0 Å². The van der Waals surface area contributed by atoms with E-state index in [0.29, 0.717) is 22.5 Å². The molecule has 1 heterocycles. The van der Waals surface area contributed by atoms with Crippen LogP contribution in [0.15, 0.2) is 42.5 Å². The molecule has 5 heteroatoms. The quantitative estimate of drug-likeness (QED) is 0.776. The lowest BCUT2D eigenvalue weighted by Gasteiger charge is -2.10. The van der Waals surface area contributed by atoms with E-state index in [0.717, 1.165) is 16.6 Å². The van der Waals surface area contributed by atoms with E-state index in [1.807, 2.05) is 47.0 Å². The number of nitrogen functional groups attached to an aromatic ring is 1. The van der Waals surface area contributed by atoms with Crippen LogP contribution in [0.25, 0.3) is 11.0 Å². The normalized spacial score (nSPS) is 11.1. The molecule has 2 N–H and O–H groups in total. The van der Waals surface area contributed by atoms with Gasteiger partial charge < -0.3 is 10.3 Å². The highest BCUT2D eigenvalue weighted by atomic mass is 35.5. The SMILES string of the molecule is Nc1nc2ccccc2n1Cc1c(Cl)cccc1Cl. The van der Waals surface area contributed by atoms with Gasteiger partial charge in [-0.25, -0.2) is 4.98 Å². The molecule has 2 aromatic carbocycles. The number of para-hydroxylation sites is 2. The number of halogens is 2. The van der Waals surface area contributed by atoms with Crippen LogP contribution in [0.5, 0.6) is 0 Å². The smallest absolute Gasteiger partial charge is 0.201 e. The van der Waals surface area contributed by atoms with Crippen molar-refractivity contribution in [1.29, 1.82) is 0 Å². The molecule has 0 aliphatic heterocycles. The van der Waals surface area contributed by atoms with Crippen molar-refractivity contribution in [2.45, 2.75) is 6.54 Å². The summed E-state index contributed by atoms with van der Waals surface area (Å²) in [6, 6.07) is 13.2. The van der Waals surface area contributed by atoms with Gasteiger partial charge in [-0.05, 0) is 24.3 Å². The standard InChI is InChI=1S/C14H11Cl2N3/c15-10-4-3-5-11(16)9(10)8-19-13-7-2-1-6-12(13)18-14(19)17/h1-7H,8H2,(H2,17,18). The van der Waals surface area contributed by atoms with E-state index in [1.54, 1.807) is 0 Å². The number of hydrogen-bond donors (Lipinski definition) is 1. The van der Waals surface area contributed by atoms with Crippen LogP contribution in [0.4, 0.5) is 5.95 Å². The van der Waals surface area contributed by atoms with Crippen molar-refractivity contribution in [3.63, 3.8) is 0 Å². The minimum atomic E-state index is 0.456. The molecule has 96 valence electrons. The zero-order chi connectivity index (χ0) is 13.4. The van der Waals surface area contributed by atoms with E-state index in [1.165, 1.54) is 0 Å². The maximum Gasteiger partial charge on any atom is 0.201 e. The first kappa shape index (κ1) is 12.3. The molecule has 0 radical (unpaired) electrons. The molecule has 0 saturated heterocycles. The molecule has 1 aromatic heterocycles. The van der Waals surface area contributed by atoms with Crippen molar-refractivity contribution in [3.05, 3.63) is 58.1 Å². The number of nitrogens with two attached hydrogens (primary N) is 1. The number of rotatable bonds is 2. The first-order chi connectivity index (χ1) is 9.16. The van der Waals surface area contributed by atoms with Gasteiger partial charge in [0.15, 0.2) is 0 Å². The maximum atomic E-state index is 6.19. The largest absolute Gasteiger partial charge is 0.369 e. The summed E-state index contributed by atoms with van der Waals surface area (Å²) < 4.78 is 1.91. The molecule has 0 bridgehead atoms. The van der Waals surface area contributed by atoms with E-state index >= 15 is 0 Å². The number of anilines is 1. The highest BCUT2D eigenvalue weighted by Gasteiger charge is 2.11. The van der Waals surface area contributed by atoms with Crippen LogP contribution in [-0.4, -0.2) is 9.55 Å². The summed E-state index contributed by atoms with van der Waals surface area (Å²) in [5.41, 5.74) is 8.65. The van der Waals surface area contributed by atoms with Crippen LogP contribution >= 0.6 is 23.2 Å². The van der Waals surface area contributed by atoms with Crippen molar-refractivity contribution >= 4 is 40.2 Å². The van der Waals surface area contributed by atoms with Gasteiger partial charge >= 0.3 is 0 Å². The molecule has 0 saturated carbocycles. The number of nitrogens with zero attached hydrogens (tertiary/aromatic N) is 2. The molecule has 0 aliphatic carbocycles. The molecule has 0 amide bonds. The van der Waals surface area contributed by atoms with Crippen molar-refractivity contribution in [2.75, 3.05) is 5.73 Å². The zero-order valence-electron chi connectivity index (χ0n) is 9.98. The summed E-state index contributed by atoms with van der Waals surface area (Å²) in [6.45, 7) is 0.505. The third kappa shape index (κ3) is 2.15. The van der Waals surface area contributed by atoms with Gasteiger partial charge in [-0.15, -0.1) is 0 Å². The van der Waals surface area contributed by atoms with Crippen LogP contribution in [0.2, 0.25) is 10.0 Å². The van der Waals surface area contributed by atoms with E-state index in [2.05, 4.69) is 4.98 Å². The molecule has 0 unspecified atom stereocenters. The summed E-state index contributed by atoms with van der Waals surface area (Å²) in [5, 5.41) is 1.26. The summed E-state index contributed by atoms with van der Waals surface area (Å²) in [6.07, 6.45) is 0. The number of hydrogen-bond acceptors (Lipinski definition) is 2. The predicted octanol–water partition coefficient (Wildman–Crippen LogP) is 3.97. The third-order valence-electron chi connectivity index (χ3n) is 3.06. The number of aromatic nitrogens is 2. The number of benzene rings is 2. The van der Waals surface area contributed by atoms with Gasteiger partial charge in [0.25, 0.3) is 0 Å². The Kier molecular flexibility index (Phi) is 3.09. The Bertz CT molecular complexity index is 729. The minimum absolute atomic E-state index is 0.456. The second-order valence-corrected chi connectivity index (χ2v) is 5.06. The van der Waals surface area contributed by atoms with Crippen LogP contribution in [0.3, 0.4) is 0 Å². The van der Waals surface area contributed by atoms with E-state index in [9.17, 15) is 0 Å². The topological polar surface area (TPSA) is 43.8 Å². The molecule has 0 atom stereocenters. The van der Waals surface area contributed by atoms with Gasteiger partial charge in [0.1, 0.15) is 0 Å². The molecule has 3 aromatic rings. The van der Waals surface area contributed by atoms with Crippen molar-refractivity contribution in [3.8, 4) is 0 Å². The lowest BCUT2D eigenvalue weighted by atomic mass is 10.2. The van der Waals surface area contributed by atoms with Crippen molar-refractivity contribution in [1.82, 2.24) is 9.55 Å². The second-order valence-electron chi connectivity index (χ2n) is 4.25. The first-order valence-corrected chi connectivity index (χ1v) is 6.56. The molecular weight excluding hydrogens is 281 g/mol. The van der Waals surface area contributed by atoms with Crippen LogP contribution in [-0.2, 0) is 6.54 Å². The van der Waals surface area contributed by atoms with Gasteiger partial charge in [0, 0.05) is 15.6 Å². The van der Waals surface area contributed by atoms with Crippen molar-refractivity contribution < 1.29 is 0 Å². The number of fused-ring (bicyclic) bond motifs is 1. The monoisotopic (exact) mass is 291 g/mol. The Morgan fingerprint density at radius 3 is 2.42 bits per heavy atom.